The molecule has 2 N–H and O–H groups in total. The second-order valence-electron chi connectivity index (χ2n) is 3.70. The number of hydrogen-bond acceptors (Lipinski definition) is 4. The first kappa shape index (κ1) is 16.2. The minimum Gasteiger partial charge on any atom is -0.481 e. The molecule has 0 aliphatic rings. The lowest BCUT2D eigenvalue weighted by Gasteiger charge is -2.15. The van der Waals surface area contributed by atoms with Crippen LogP contribution in [0, 0.1) is 0 Å². The van der Waals surface area contributed by atoms with Crippen molar-refractivity contribution in [1.29, 1.82) is 0 Å². The van der Waals surface area contributed by atoms with Crippen molar-refractivity contribution in [2.45, 2.75) is 32.2 Å². The molecule has 1 atom stereocenters. The summed E-state index contributed by atoms with van der Waals surface area (Å²) in [5.41, 5.74) is 0. The quantitative estimate of drug-likeness (QED) is 0.578. The molecule has 0 aromatic rings. The van der Waals surface area contributed by atoms with Crippen LogP contribution < -0.4 is 5.32 Å². The molecule has 0 aliphatic carbocycles. The number of aliphatic carboxylic acids is 1. The van der Waals surface area contributed by atoms with Gasteiger partial charge >= 0.3 is 5.97 Å². The van der Waals surface area contributed by atoms with Gasteiger partial charge in [-0.1, -0.05) is 13.3 Å². The molecule has 100 valence electrons. The van der Waals surface area contributed by atoms with Crippen LogP contribution in [0.4, 0.5) is 0 Å². The summed E-state index contributed by atoms with van der Waals surface area (Å²) in [6.45, 7) is 2.58. The maximum absolute atomic E-state index is 11.5. The van der Waals surface area contributed by atoms with Crippen molar-refractivity contribution in [1.82, 2.24) is 5.32 Å². The second kappa shape index (κ2) is 10.4. The number of nitrogens with one attached hydrogen (secondary N) is 1. The van der Waals surface area contributed by atoms with Gasteiger partial charge in [-0.25, -0.2) is 0 Å². The highest BCUT2D eigenvalue weighted by Gasteiger charge is 2.14. The Hall–Kier alpha value is -0.750. The van der Waals surface area contributed by atoms with Gasteiger partial charge in [-0.15, -0.1) is 11.8 Å². The first-order valence-corrected chi connectivity index (χ1v) is 6.83. The Morgan fingerprint density at radius 3 is 2.71 bits per heavy atom. The first-order valence-electron chi connectivity index (χ1n) is 5.68. The SMILES string of the molecule is CCCC(CC(=O)O)NC(=O)CSCCOC. The number of carbonyl (C=O) groups is 2. The zero-order chi connectivity index (χ0) is 13.1. The van der Waals surface area contributed by atoms with Crippen LogP contribution in [0.2, 0.25) is 0 Å². The number of methoxy groups -OCH3 is 1. The summed E-state index contributed by atoms with van der Waals surface area (Å²) < 4.78 is 4.87. The highest BCUT2D eigenvalue weighted by atomic mass is 32.2. The maximum atomic E-state index is 11.5. The van der Waals surface area contributed by atoms with Crippen LogP contribution in [0.1, 0.15) is 26.2 Å². The van der Waals surface area contributed by atoms with Gasteiger partial charge in [-0.2, -0.15) is 0 Å². The molecule has 0 aromatic carbocycles. The molecule has 0 rings (SSSR count). The molecule has 0 radical (unpaired) electrons. The van der Waals surface area contributed by atoms with Crippen molar-refractivity contribution in [3.05, 3.63) is 0 Å². The van der Waals surface area contributed by atoms with Gasteiger partial charge in [-0.3, -0.25) is 9.59 Å². The molecule has 0 saturated carbocycles. The Morgan fingerprint density at radius 1 is 1.47 bits per heavy atom. The lowest BCUT2D eigenvalue weighted by atomic mass is 10.1. The molecule has 0 aromatic heterocycles. The van der Waals surface area contributed by atoms with Gasteiger partial charge in [0.05, 0.1) is 18.8 Å². The van der Waals surface area contributed by atoms with Gasteiger partial charge in [0.15, 0.2) is 0 Å². The zero-order valence-electron chi connectivity index (χ0n) is 10.4. The summed E-state index contributed by atoms with van der Waals surface area (Å²) in [7, 11) is 1.62. The predicted molar refractivity (Wildman–Crippen MR) is 68.3 cm³/mol. The molecule has 0 spiro atoms. The van der Waals surface area contributed by atoms with Gasteiger partial charge in [-0.05, 0) is 6.42 Å². The van der Waals surface area contributed by atoms with E-state index >= 15 is 0 Å². The minimum absolute atomic E-state index is 0.0116. The number of carbonyl (C=O) groups excluding carboxylic acids is 1. The fourth-order valence-corrected chi connectivity index (χ4v) is 2.06. The predicted octanol–water partition coefficient (Wildman–Crippen LogP) is 1.13. The van der Waals surface area contributed by atoms with E-state index in [9.17, 15) is 9.59 Å². The molecule has 0 saturated heterocycles. The van der Waals surface area contributed by atoms with E-state index in [-0.39, 0.29) is 18.4 Å². The van der Waals surface area contributed by atoms with E-state index < -0.39 is 5.97 Å². The maximum Gasteiger partial charge on any atom is 0.305 e. The molecule has 0 fully saturated rings. The van der Waals surface area contributed by atoms with Crippen LogP contribution in [0.5, 0.6) is 0 Å². The van der Waals surface area contributed by atoms with Gasteiger partial charge in [0.25, 0.3) is 0 Å². The molecule has 5 nitrogen and oxygen atoms in total. The number of thioether (sulfide) groups is 1. The smallest absolute Gasteiger partial charge is 0.305 e. The van der Waals surface area contributed by atoms with E-state index in [1.165, 1.54) is 11.8 Å². The second-order valence-corrected chi connectivity index (χ2v) is 4.80. The number of carboxylic acid groups (broad SMARTS) is 1. The van der Waals surface area contributed by atoms with Crippen molar-refractivity contribution in [2.75, 3.05) is 25.2 Å². The molecule has 1 unspecified atom stereocenters. The Balaban J connectivity index is 3.82. The van der Waals surface area contributed by atoms with E-state index in [1.807, 2.05) is 6.92 Å². The molecular weight excluding hydrogens is 242 g/mol. The van der Waals surface area contributed by atoms with Crippen LogP contribution in [0.25, 0.3) is 0 Å². The number of rotatable bonds is 10. The van der Waals surface area contributed by atoms with Crippen LogP contribution >= 0.6 is 11.8 Å². The van der Waals surface area contributed by atoms with E-state index in [0.717, 1.165) is 12.2 Å². The van der Waals surface area contributed by atoms with Crippen molar-refractivity contribution >= 4 is 23.6 Å². The Kier molecular flexibility index (Phi) is 9.95. The fraction of sp³-hybridized carbons (Fsp3) is 0.818. The summed E-state index contributed by atoms with van der Waals surface area (Å²) in [4.78, 5) is 22.1. The molecule has 1 amide bonds. The lowest BCUT2D eigenvalue weighted by molar-refractivity contribution is -0.137. The monoisotopic (exact) mass is 263 g/mol. The Bertz CT molecular complexity index is 236. The standard InChI is InChI=1S/C11H21NO4S/c1-3-4-9(7-11(14)15)12-10(13)8-17-6-5-16-2/h9H,3-8H2,1-2H3,(H,12,13)(H,14,15). The average Bonchev–Trinajstić information content (AvgIpc) is 2.24. The average molecular weight is 263 g/mol. The van der Waals surface area contributed by atoms with E-state index in [4.69, 9.17) is 9.84 Å². The third-order valence-electron chi connectivity index (χ3n) is 2.09. The van der Waals surface area contributed by atoms with Gasteiger partial charge in [0.1, 0.15) is 0 Å². The topological polar surface area (TPSA) is 75.6 Å². The van der Waals surface area contributed by atoms with Crippen molar-refractivity contribution < 1.29 is 19.4 Å². The number of ether oxygens (including phenoxy) is 1. The molecule has 0 bridgehead atoms. The summed E-state index contributed by atoms with van der Waals surface area (Å²) >= 11 is 1.48. The van der Waals surface area contributed by atoms with E-state index in [2.05, 4.69) is 5.32 Å². The normalized spacial score (nSPS) is 12.1. The molecule has 0 aliphatic heterocycles. The van der Waals surface area contributed by atoms with Crippen LogP contribution in [-0.4, -0.2) is 48.2 Å². The zero-order valence-corrected chi connectivity index (χ0v) is 11.2. The molecule has 17 heavy (non-hydrogen) atoms. The Morgan fingerprint density at radius 2 is 2.18 bits per heavy atom. The third kappa shape index (κ3) is 10.1. The summed E-state index contributed by atoms with van der Waals surface area (Å²) in [6.07, 6.45) is 1.54. The molecular formula is C11H21NO4S. The first-order chi connectivity index (χ1) is 8.10. The van der Waals surface area contributed by atoms with Crippen molar-refractivity contribution in [3.63, 3.8) is 0 Å². The molecule has 6 heteroatoms. The van der Waals surface area contributed by atoms with E-state index in [0.29, 0.717) is 18.8 Å². The third-order valence-corrected chi connectivity index (χ3v) is 3.01. The van der Waals surface area contributed by atoms with E-state index in [1.54, 1.807) is 7.11 Å². The minimum atomic E-state index is -0.879. The number of amides is 1. The summed E-state index contributed by atoms with van der Waals surface area (Å²) in [6, 6.07) is -0.256. The van der Waals surface area contributed by atoms with Gasteiger partial charge < -0.3 is 15.2 Å². The van der Waals surface area contributed by atoms with Crippen LogP contribution in [0.3, 0.4) is 0 Å². The lowest BCUT2D eigenvalue weighted by Crippen LogP contribution is -2.37. The van der Waals surface area contributed by atoms with Crippen molar-refractivity contribution in [2.24, 2.45) is 0 Å². The molecule has 0 heterocycles. The fourth-order valence-electron chi connectivity index (χ4n) is 1.36. The van der Waals surface area contributed by atoms with Crippen LogP contribution in [0.15, 0.2) is 0 Å². The number of hydrogen-bond donors (Lipinski definition) is 2. The largest absolute Gasteiger partial charge is 0.481 e. The summed E-state index contributed by atoms with van der Waals surface area (Å²) in [5.74, 6) is 0.131. The van der Waals surface area contributed by atoms with Crippen LogP contribution in [-0.2, 0) is 14.3 Å². The Labute approximate surface area is 106 Å². The highest BCUT2D eigenvalue weighted by Crippen LogP contribution is 2.04. The summed E-state index contributed by atoms with van der Waals surface area (Å²) in [5, 5.41) is 11.4. The number of carboxylic acids is 1. The van der Waals surface area contributed by atoms with Crippen molar-refractivity contribution in [3.8, 4) is 0 Å². The highest BCUT2D eigenvalue weighted by molar-refractivity contribution is 7.99. The van der Waals surface area contributed by atoms with Gasteiger partial charge in [0, 0.05) is 18.9 Å². The van der Waals surface area contributed by atoms with Gasteiger partial charge in [0.2, 0.25) is 5.91 Å².